The number of thiazole rings is 1. The molecule has 6 aromatic carbocycles. The van der Waals surface area contributed by atoms with Crippen molar-refractivity contribution in [2.75, 3.05) is 5.73 Å². The van der Waals surface area contributed by atoms with Crippen molar-refractivity contribution < 1.29 is 15.3 Å². The molecule has 0 bridgehead atoms. The van der Waals surface area contributed by atoms with E-state index in [0.29, 0.717) is 28.0 Å². The van der Waals surface area contributed by atoms with Crippen LogP contribution in [0.4, 0.5) is 28.0 Å². The molecule has 5 N–H and O–H groups in total. The highest BCUT2D eigenvalue weighted by molar-refractivity contribution is 7.13. The topological polar surface area (TPSA) is 162 Å². The number of hydrogen-bond acceptors (Lipinski definition) is 11. The molecule has 8 rings (SSSR count). The van der Waals surface area contributed by atoms with Crippen LogP contribution in [0.1, 0.15) is 0 Å². The maximum atomic E-state index is 9.91. The van der Waals surface area contributed by atoms with E-state index in [1.807, 2.05) is 109 Å². The minimum absolute atomic E-state index is 0.110. The number of pyridine rings is 1. The molecule has 2 heterocycles. The lowest BCUT2D eigenvalue weighted by Gasteiger charge is -2.03. The van der Waals surface area contributed by atoms with Gasteiger partial charge in [0.05, 0.1) is 5.69 Å². The van der Waals surface area contributed by atoms with Gasteiger partial charge in [0.1, 0.15) is 28.6 Å². The molecule has 0 radical (unpaired) electrons. The summed E-state index contributed by atoms with van der Waals surface area (Å²) < 4.78 is 0. The van der Waals surface area contributed by atoms with Crippen LogP contribution in [0.2, 0.25) is 0 Å². The number of fused-ring (bicyclic) bond motifs is 3. The zero-order valence-corrected chi connectivity index (χ0v) is 26.7. The van der Waals surface area contributed by atoms with Crippen LogP contribution < -0.4 is 5.73 Å². The Bertz CT molecular complexity index is 2400. The molecule has 240 valence electrons. The normalized spacial score (nSPS) is 11.0. The monoisotopic (exact) mass is 663 g/mol. The number of hydrogen-bond donors (Lipinski definition) is 4. The second-order valence-corrected chi connectivity index (χ2v) is 11.3. The Labute approximate surface area is 284 Å². The van der Waals surface area contributed by atoms with Gasteiger partial charge in [0.25, 0.3) is 0 Å². The van der Waals surface area contributed by atoms with Gasteiger partial charge in [-0.05, 0) is 46.5 Å². The third-order valence-electron chi connectivity index (χ3n) is 7.26. The van der Waals surface area contributed by atoms with E-state index in [0.717, 1.165) is 32.3 Å². The van der Waals surface area contributed by atoms with Crippen LogP contribution in [0.3, 0.4) is 0 Å². The average Bonchev–Trinajstić information content (AvgIpc) is 3.67. The Hall–Kier alpha value is -6.72. The lowest BCUT2D eigenvalue weighted by molar-refractivity contribution is 0.476. The molecule has 10 nitrogen and oxygen atoms in total. The lowest BCUT2D eigenvalue weighted by Crippen LogP contribution is -1.86. The van der Waals surface area contributed by atoms with Crippen LogP contribution in [0.15, 0.2) is 166 Å². The van der Waals surface area contributed by atoms with Crippen LogP contribution >= 0.6 is 11.3 Å². The average molecular weight is 664 g/mol. The van der Waals surface area contributed by atoms with Gasteiger partial charge >= 0.3 is 0 Å². The SMILES string of the molecule is Nc1c(O)ccc2ccccc12.Oc1ccc2ccccc2c1N=Nc1ccccn1.Oc1ccc2ccccc2c1N=Nc1nccs1. The molecule has 8 aromatic rings. The number of anilines is 1. The van der Waals surface area contributed by atoms with Crippen molar-refractivity contribution in [1.29, 1.82) is 0 Å². The minimum atomic E-state index is 0.110. The van der Waals surface area contributed by atoms with E-state index in [-0.39, 0.29) is 17.2 Å². The molecule has 49 heavy (non-hydrogen) atoms. The molecule has 0 unspecified atom stereocenters. The summed E-state index contributed by atoms with van der Waals surface area (Å²) in [6.07, 6.45) is 3.32. The smallest absolute Gasteiger partial charge is 0.229 e. The van der Waals surface area contributed by atoms with Crippen LogP contribution in [-0.4, -0.2) is 25.3 Å². The van der Waals surface area contributed by atoms with Gasteiger partial charge in [-0.3, -0.25) is 0 Å². The molecule has 0 aliphatic carbocycles. The number of benzene rings is 6. The number of nitrogens with two attached hydrogens (primary N) is 1. The van der Waals surface area contributed by atoms with E-state index < -0.39 is 0 Å². The Morgan fingerprint density at radius 2 is 0.980 bits per heavy atom. The van der Waals surface area contributed by atoms with E-state index in [2.05, 4.69) is 30.4 Å². The number of aromatic hydroxyl groups is 3. The Balaban J connectivity index is 0.000000131. The zero-order chi connectivity index (χ0) is 34.0. The van der Waals surface area contributed by atoms with E-state index >= 15 is 0 Å². The maximum Gasteiger partial charge on any atom is 0.229 e. The van der Waals surface area contributed by atoms with Crippen molar-refractivity contribution in [3.63, 3.8) is 0 Å². The first kappa shape index (κ1) is 32.2. The largest absolute Gasteiger partial charge is 0.506 e. The summed E-state index contributed by atoms with van der Waals surface area (Å²) in [6, 6.07) is 39.0. The number of nitrogen functional groups attached to an aromatic ring is 1. The first-order valence-corrected chi connectivity index (χ1v) is 15.9. The Morgan fingerprint density at radius 3 is 1.53 bits per heavy atom. The van der Waals surface area contributed by atoms with Gasteiger partial charge in [0, 0.05) is 33.9 Å². The standard InChI is InChI=1S/C15H11N3O.C13H9N3OS.C10H9NO/c19-13-9-8-11-5-1-2-6-12(11)15(13)18-17-14-7-3-4-10-16-14;17-11-6-5-9-3-1-2-4-10(9)12(11)15-16-13-14-7-8-18-13;11-10-8-4-2-1-3-7(8)5-6-9(10)12/h1-10,19H;1-8,17H;1-6,12H,11H2. The molecule has 11 heteroatoms. The maximum absolute atomic E-state index is 9.91. The van der Waals surface area contributed by atoms with Crippen molar-refractivity contribution >= 4 is 71.7 Å². The molecule has 0 atom stereocenters. The summed E-state index contributed by atoms with van der Waals surface area (Å²) in [5.74, 6) is 0.885. The molecule has 2 aromatic heterocycles. The van der Waals surface area contributed by atoms with E-state index in [9.17, 15) is 15.3 Å². The quantitative estimate of drug-likeness (QED) is 0.0831. The summed E-state index contributed by atoms with van der Waals surface area (Å²) in [6.45, 7) is 0. The lowest BCUT2D eigenvalue weighted by atomic mass is 10.1. The number of azo groups is 2. The second kappa shape index (κ2) is 15.2. The van der Waals surface area contributed by atoms with Gasteiger partial charge < -0.3 is 21.1 Å². The Morgan fingerprint density at radius 1 is 0.469 bits per heavy atom. The number of rotatable bonds is 4. The molecule has 0 spiro atoms. The fourth-order valence-corrected chi connectivity index (χ4v) is 5.31. The van der Waals surface area contributed by atoms with Crippen molar-refractivity contribution in [2.24, 2.45) is 20.5 Å². The Kier molecular flexibility index (Phi) is 10.0. The second-order valence-electron chi connectivity index (χ2n) is 10.4. The highest BCUT2D eigenvalue weighted by atomic mass is 32.1. The highest BCUT2D eigenvalue weighted by Crippen LogP contribution is 2.37. The number of nitrogens with zero attached hydrogens (tertiary/aromatic N) is 6. The van der Waals surface area contributed by atoms with Crippen molar-refractivity contribution in [3.8, 4) is 17.2 Å². The number of phenolic OH excluding ortho intramolecular Hbond substituents is 3. The molecule has 0 saturated heterocycles. The summed E-state index contributed by atoms with van der Waals surface area (Å²) in [5.41, 5.74) is 7.06. The molecule has 0 saturated carbocycles. The summed E-state index contributed by atoms with van der Waals surface area (Å²) in [7, 11) is 0. The first-order chi connectivity index (χ1) is 24.0. The van der Waals surface area contributed by atoms with Gasteiger partial charge in [0.15, 0.2) is 5.82 Å². The third-order valence-corrected chi connectivity index (χ3v) is 7.92. The molecule has 0 amide bonds. The van der Waals surface area contributed by atoms with E-state index in [4.69, 9.17) is 5.73 Å². The van der Waals surface area contributed by atoms with Crippen molar-refractivity contribution in [2.45, 2.75) is 0 Å². The van der Waals surface area contributed by atoms with Crippen LogP contribution in [-0.2, 0) is 0 Å². The highest BCUT2D eigenvalue weighted by Gasteiger charge is 2.07. The summed E-state index contributed by atoms with van der Waals surface area (Å²) in [4.78, 5) is 8.08. The van der Waals surface area contributed by atoms with Crippen LogP contribution in [0.25, 0.3) is 32.3 Å². The van der Waals surface area contributed by atoms with E-state index in [1.54, 1.807) is 36.7 Å². The van der Waals surface area contributed by atoms with Crippen molar-refractivity contribution in [1.82, 2.24) is 9.97 Å². The van der Waals surface area contributed by atoms with Gasteiger partial charge in [-0.15, -0.1) is 31.8 Å². The fourth-order valence-electron chi connectivity index (χ4n) is 4.85. The van der Waals surface area contributed by atoms with E-state index in [1.165, 1.54) is 11.3 Å². The predicted molar refractivity (Wildman–Crippen MR) is 196 cm³/mol. The summed E-state index contributed by atoms with van der Waals surface area (Å²) in [5, 5.41) is 53.5. The number of phenols is 3. The van der Waals surface area contributed by atoms with Gasteiger partial charge in [0.2, 0.25) is 5.13 Å². The number of aromatic nitrogens is 2. The third kappa shape index (κ3) is 7.81. The molecular formula is C38H29N7O3S. The van der Waals surface area contributed by atoms with Gasteiger partial charge in [-0.1, -0.05) is 97.1 Å². The van der Waals surface area contributed by atoms with Crippen molar-refractivity contribution in [3.05, 3.63) is 145 Å². The summed E-state index contributed by atoms with van der Waals surface area (Å²) >= 11 is 1.40. The first-order valence-electron chi connectivity index (χ1n) is 15.0. The predicted octanol–water partition coefficient (Wildman–Crippen LogP) is 10.9. The molecular weight excluding hydrogens is 635 g/mol. The van der Waals surface area contributed by atoms with Gasteiger partial charge in [-0.2, -0.15) is 0 Å². The van der Waals surface area contributed by atoms with Crippen LogP contribution in [0, 0.1) is 0 Å². The van der Waals surface area contributed by atoms with Crippen LogP contribution in [0.5, 0.6) is 17.2 Å². The molecule has 0 fully saturated rings. The minimum Gasteiger partial charge on any atom is -0.506 e. The fraction of sp³-hybridized carbons (Fsp3) is 0. The van der Waals surface area contributed by atoms with Gasteiger partial charge in [-0.25, -0.2) is 9.97 Å². The zero-order valence-electron chi connectivity index (χ0n) is 25.9. The molecule has 0 aliphatic rings. The molecule has 0 aliphatic heterocycles.